The number of aromatic amines is 1. The average molecular weight is 288 g/mol. The van der Waals surface area contributed by atoms with Crippen LogP contribution in [0.4, 0.5) is 5.95 Å². The lowest BCUT2D eigenvalue weighted by molar-refractivity contribution is -0.0143. The number of ether oxygens (including phenoxy) is 1. The van der Waals surface area contributed by atoms with Crippen molar-refractivity contribution in [1.82, 2.24) is 25.1 Å². The molecular formula is C14H20N6O. The van der Waals surface area contributed by atoms with Crippen LogP contribution in [0, 0.1) is 0 Å². The molecule has 1 fully saturated rings. The molecule has 1 N–H and O–H groups in total. The van der Waals surface area contributed by atoms with Crippen molar-refractivity contribution < 1.29 is 4.74 Å². The van der Waals surface area contributed by atoms with E-state index in [0.29, 0.717) is 6.61 Å². The maximum Gasteiger partial charge on any atom is 0.224 e. The lowest BCUT2D eigenvalue weighted by Gasteiger charge is -2.34. The molecular weight excluding hydrogens is 268 g/mol. The summed E-state index contributed by atoms with van der Waals surface area (Å²) in [6.07, 6.45) is 5.56. The van der Waals surface area contributed by atoms with Crippen molar-refractivity contribution in [2.75, 3.05) is 38.8 Å². The molecule has 2 aromatic rings. The zero-order valence-corrected chi connectivity index (χ0v) is 12.4. The van der Waals surface area contributed by atoms with Crippen LogP contribution < -0.4 is 4.90 Å². The van der Waals surface area contributed by atoms with Gasteiger partial charge in [-0.2, -0.15) is 5.10 Å². The fraction of sp³-hybridized carbons (Fsp3) is 0.500. The molecule has 7 heteroatoms. The minimum Gasteiger partial charge on any atom is -0.378 e. The van der Waals surface area contributed by atoms with Gasteiger partial charge in [-0.1, -0.05) is 0 Å². The summed E-state index contributed by atoms with van der Waals surface area (Å²) in [5.41, 5.74) is 2.19. The van der Waals surface area contributed by atoms with Gasteiger partial charge < -0.3 is 9.64 Å². The van der Waals surface area contributed by atoms with Gasteiger partial charge in [0.1, 0.15) is 0 Å². The van der Waals surface area contributed by atoms with E-state index in [1.807, 2.05) is 37.5 Å². The summed E-state index contributed by atoms with van der Waals surface area (Å²) >= 11 is 0. The van der Waals surface area contributed by atoms with E-state index in [-0.39, 0.29) is 6.04 Å². The molecule has 0 spiro atoms. The highest BCUT2D eigenvalue weighted by Gasteiger charge is 2.25. The Labute approximate surface area is 124 Å². The third-order valence-corrected chi connectivity index (χ3v) is 3.60. The molecule has 112 valence electrons. The van der Waals surface area contributed by atoms with Gasteiger partial charge in [0.2, 0.25) is 5.95 Å². The molecule has 7 nitrogen and oxygen atoms in total. The van der Waals surface area contributed by atoms with Crippen LogP contribution in [0.1, 0.15) is 17.3 Å². The lowest BCUT2D eigenvalue weighted by atomic mass is 10.1. The van der Waals surface area contributed by atoms with Crippen LogP contribution in [-0.2, 0) is 11.3 Å². The molecule has 0 bridgehead atoms. The SMILES string of the molecule is CN(C)c1ncc(CN2CCOCC2c2ccn[nH]2)cn1. The summed E-state index contributed by atoms with van der Waals surface area (Å²) < 4.78 is 5.60. The summed E-state index contributed by atoms with van der Waals surface area (Å²) in [4.78, 5) is 13.0. The number of morpholine rings is 1. The Bertz CT molecular complexity index is 553. The summed E-state index contributed by atoms with van der Waals surface area (Å²) in [6, 6.07) is 2.20. The topological polar surface area (TPSA) is 70.2 Å². The number of hydrogen-bond acceptors (Lipinski definition) is 6. The predicted molar refractivity (Wildman–Crippen MR) is 78.9 cm³/mol. The molecule has 1 aliphatic rings. The van der Waals surface area contributed by atoms with Crippen LogP contribution in [0.3, 0.4) is 0 Å². The zero-order chi connectivity index (χ0) is 14.7. The molecule has 1 atom stereocenters. The van der Waals surface area contributed by atoms with Crippen molar-refractivity contribution in [3.05, 3.63) is 35.9 Å². The second-order valence-corrected chi connectivity index (χ2v) is 5.36. The van der Waals surface area contributed by atoms with Gasteiger partial charge in [-0.05, 0) is 6.07 Å². The maximum atomic E-state index is 5.60. The minimum atomic E-state index is 0.203. The van der Waals surface area contributed by atoms with Crippen LogP contribution in [0.15, 0.2) is 24.7 Å². The van der Waals surface area contributed by atoms with E-state index < -0.39 is 0 Å². The Morgan fingerprint density at radius 2 is 2.19 bits per heavy atom. The van der Waals surface area contributed by atoms with E-state index in [1.54, 1.807) is 6.20 Å². The van der Waals surface area contributed by atoms with E-state index in [4.69, 9.17) is 4.74 Å². The molecule has 1 aliphatic heterocycles. The molecule has 0 saturated carbocycles. The first-order chi connectivity index (χ1) is 10.2. The standard InChI is InChI=1S/C14H20N6O/c1-19(2)14-15-7-11(8-16-14)9-20-5-6-21-10-13(20)12-3-4-17-18-12/h3-4,7-8,13H,5-6,9-10H2,1-2H3,(H,17,18). The van der Waals surface area contributed by atoms with E-state index in [0.717, 1.165) is 36.9 Å². The molecule has 2 aromatic heterocycles. The van der Waals surface area contributed by atoms with E-state index in [2.05, 4.69) is 25.1 Å². The normalized spacial score (nSPS) is 19.6. The number of aromatic nitrogens is 4. The number of hydrogen-bond donors (Lipinski definition) is 1. The number of nitrogens with zero attached hydrogens (tertiary/aromatic N) is 5. The van der Waals surface area contributed by atoms with E-state index in [9.17, 15) is 0 Å². The predicted octanol–water partition coefficient (Wildman–Crippen LogP) is 0.839. The van der Waals surface area contributed by atoms with E-state index in [1.165, 1.54) is 0 Å². The fourth-order valence-electron chi connectivity index (χ4n) is 2.46. The van der Waals surface area contributed by atoms with Crippen molar-refractivity contribution in [3.8, 4) is 0 Å². The Balaban J connectivity index is 1.72. The van der Waals surface area contributed by atoms with Gasteiger partial charge in [-0.25, -0.2) is 9.97 Å². The molecule has 3 rings (SSSR count). The summed E-state index contributed by atoms with van der Waals surface area (Å²) in [6.45, 7) is 3.12. The molecule has 21 heavy (non-hydrogen) atoms. The third kappa shape index (κ3) is 3.20. The summed E-state index contributed by atoms with van der Waals surface area (Å²) in [7, 11) is 3.87. The smallest absolute Gasteiger partial charge is 0.224 e. The van der Waals surface area contributed by atoms with Crippen LogP contribution >= 0.6 is 0 Å². The largest absolute Gasteiger partial charge is 0.378 e. The van der Waals surface area contributed by atoms with Gasteiger partial charge >= 0.3 is 0 Å². The van der Waals surface area contributed by atoms with Gasteiger partial charge in [0.25, 0.3) is 0 Å². The monoisotopic (exact) mass is 288 g/mol. The minimum absolute atomic E-state index is 0.203. The second-order valence-electron chi connectivity index (χ2n) is 5.36. The molecule has 1 unspecified atom stereocenters. The quantitative estimate of drug-likeness (QED) is 0.899. The highest BCUT2D eigenvalue weighted by Crippen LogP contribution is 2.24. The van der Waals surface area contributed by atoms with Gasteiger partial charge in [-0.15, -0.1) is 0 Å². The first kappa shape index (κ1) is 14.0. The van der Waals surface area contributed by atoms with E-state index >= 15 is 0 Å². The third-order valence-electron chi connectivity index (χ3n) is 3.60. The Morgan fingerprint density at radius 3 is 2.86 bits per heavy atom. The highest BCUT2D eigenvalue weighted by atomic mass is 16.5. The summed E-state index contributed by atoms with van der Waals surface area (Å²) in [5.74, 6) is 0.728. The lowest BCUT2D eigenvalue weighted by Crippen LogP contribution is -2.39. The first-order valence-electron chi connectivity index (χ1n) is 7.03. The second kappa shape index (κ2) is 6.19. The van der Waals surface area contributed by atoms with Gasteiger partial charge in [0.15, 0.2) is 0 Å². The number of anilines is 1. The summed E-state index contributed by atoms with van der Waals surface area (Å²) in [5, 5.41) is 7.07. The highest BCUT2D eigenvalue weighted by molar-refractivity contribution is 5.26. The molecule has 0 aromatic carbocycles. The maximum absolute atomic E-state index is 5.60. The molecule has 0 aliphatic carbocycles. The fourth-order valence-corrected chi connectivity index (χ4v) is 2.46. The van der Waals surface area contributed by atoms with Crippen molar-refractivity contribution in [1.29, 1.82) is 0 Å². The van der Waals surface area contributed by atoms with Gasteiger partial charge in [0.05, 0.1) is 24.9 Å². The van der Waals surface area contributed by atoms with Crippen LogP contribution in [-0.4, -0.2) is 58.9 Å². The van der Waals surface area contributed by atoms with Crippen molar-refractivity contribution >= 4 is 5.95 Å². The average Bonchev–Trinajstić information content (AvgIpc) is 3.02. The van der Waals surface area contributed by atoms with Gasteiger partial charge in [0, 0.05) is 51.3 Å². The Morgan fingerprint density at radius 1 is 1.38 bits per heavy atom. The van der Waals surface area contributed by atoms with Crippen molar-refractivity contribution in [2.45, 2.75) is 12.6 Å². The Hall–Kier alpha value is -1.99. The molecule has 1 saturated heterocycles. The number of nitrogens with one attached hydrogen (secondary N) is 1. The van der Waals surface area contributed by atoms with Crippen molar-refractivity contribution in [2.24, 2.45) is 0 Å². The van der Waals surface area contributed by atoms with Crippen LogP contribution in [0.5, 0.6) is 0 Å². The number of rotatable bonds is 4. The molecule has 3 heterocycles. The zero-order valence-electron chi connectivity index (χ0n) is 12.4. The number of H-pyrrole nitrogens is 1. The Kier molecular flexibility index (Phi) is 4.12. The first-order valence-corrected chi connectivity index (χ1v) is 7.03. The van der Waals surface area contributed by atoms with Crippen LogP contribution in [0.2, 0.25) is 0 Å². The molecule has 0 radical (unpaired) electrons. The van der Waals surface area contributed by atoms with Gasteiger partial charge in [-0.3, -0.25) is 10.00 Å². The van der Waals surface area contributed by atoms with Crippen LogP contribution in [0.25, 0.3) is 0 Å². The molecule has 0 amide bonds. The van der Waals surface area contributed by atoms with Crippen molar-refractivity contribution in [3.63, 3.8) is 0 Å².